The number of aliphatic hydroxyl groups is 1. The third-order valence-electron chi connectivity index (χ3n) is 4.37. The van der Waals surface area contributed by atoms with Crippen LogP contribution in [0.2, 0.25) is 0 Å². The molecule has 26 heavy (non-hydrogen) atoms. The Morgan fingerprint density at radius 2 is 1.96 bits per heavy atom. The van der Waals surface area contributed by atoms with Crippen molar-refractivity contribution >= 4 is 10.8 Å². The summed E-state index contributed by atoms with van der Waals surface area (Å²) in [6, 6.07) is 13.4. The summed E-state index contributed by atoms with van der Waals surface area (Å²) in [6.45, 7) is 6.40. The van der Waals surface area contributed by atoms with Crippen molar-refractivity contribution in [3.8, 4) is 5.75 Å². The Bertz CT molecular complexity index is 963. The van der Waals surface area contributed by atoms with Gasteiger partial charge < -0.3 is 9.84 Å². The summed E-state index contributed by atoms with van der Waals surface area (Å²) in [6.07, 6.45) is 0.809. The van der Waals surface area contributed by atoms with E-state index in [0.717, 1.165) is 22.3 Å². The number of ether oxygens (including phenoxy) is 1. The lowest BCUT2D eigenvalue weighted by Crippen LogP contribution is -2.31. The number of aryl methyl sites for hydroxylation is 1. The maximum atomic E-state index is 12.5. The van der Waals surface area contributed by atoms with Crippen molar-refractivity contribution in [3.63, 3.8) is 0 Å². The molecule has 0 spiro atoms. The van der Waals surface area contributed by atoms with Crippen LogP contribution in [-0.4, -0.2) is 27.6 Å². The fourth-order valence-electron chi connectivity index (χ4n) is 2.94. The van der Waals surface area contributed by atoms with E-state index in [9.17, 15) is 9.90 Å². The Hall–Kier alpha value is -2.66. The van der Waals surface area contributed by atoms with E-state index < -0.39 is 6.10 Å². The first-order valence-corrected chi connectivity index (χ1v) is 8.82. The molecule has 0 aliphatic carbocycles. The van der Waals surface area contributed by atoms with Crippen LogP contribution >= 0.6 is 0 Å². The maximum absolute atomic E-state index is 12.5. The Labute approximate surface area is 152 Å². The lowest BCUT2D eigenvalue weighted by atomic mass is 10.0. The lowest BCUT2D eigenvalue weighted by Gasteiger charge is -2.17. The first kappa shape index (κ1) is 18.1. The molecule has 0 bridgehead atoms. The summed E-state index contributed by atoms with van der Waals surface area (Å²) in [4.78, 5) is 12.5. The first-order chi connectivity index (χ1) is 12.5. The van der Waals surface area contributed by atoms with E-state index in [-0.39, 0.29) is 18.7 Å². The van der Waals surface area contributed by atoms with Crippen LogP contribution in [0.15, 0.2) is 53.5 Å². The first-order valence-electron chi connectivity index (χ1n) is 8.82. The van der Waals surface area contributed by atoms with E-state index in [1.54, 1.807) is 12.3 Å². The number of aliphatic hydroxyl groups excluding tert-OH is 1. The third kappa shape index (κ3) is 3.94. The molecule has 0 unspecified atom stereocenters. The van der Waals surface area contributed by atoms with Crippen molar-refractivity contribution in [1.29, 1.82) is 0 Å². The molecule has 0 aliphatic rings. The zero-order chi connectivity index (χ0) is 18.7. The molecule has 5 nitrogen and oxygen atoms in total. The van der Waals surface area contributed by atoms with Gasteiger partial charge in [0, 0.05) is 5.39 Å². The van der Waals surface area contributed by atoms with Crippen molar-refractivity contribution in [2.75, 3.05) is 6.61 Å². The van der Waals surface area contributed by atoms with Crippen molar-refractivity contribution in [3.05, 3.63) is 70.1 Å². The molecular weight excluding hydrogens is 328 g/mol. The summed E-state index contributed by atoms with van der Waals surface area (Å²) in [5.41, 5.74) is 2.00. The smallest absolute Gasteiger partial charge is 0.274 e. The van der Waals surface area contributed by atoms with Gasteiger partial charge in [-0.15, -0.1) is 0 Å². The predicted octanol–water partition coefficient (Wildman–Crippen LogP) is 3.27. The summed E-state index contributed by atoms with van der Waals surface area (Å²) in [7, 11) is 0. The van der Waals surface area contributed by atoms with Gasteiger partial charge in [-0.25, -0.2) is 4.68 Å². The van der Waals surface area contributed by atoms with Crippen molar-refractivity contribution in [2.24, 2.45) is 0 Å². The highest BCUT2D eigenvalue weighted by molar-refractivity contribution is 5.80. The van der Waals surface area contributed by atoms with Gasteiger partial charge in [-0.05, 0) is 36.1 Å². The van der Waals surface area contributed by atoms with E-state index >= 15 is 0 Å². The van der Waals surface area contributed by atoms with Crippen LogP contribution in [-0.2, 0) is 6.54 Å². The van der Waals surface area contributed by atoms with Gasteiger partial charge in [0.1, 0.15) is 18.5 Å². The quantitative estimate of drug-likeness (QED) is 0.739. The molecule has 0 saturated carbocycles. The van der Waals surface area contributed by atoms with Gasteiger partial charge in [-0.3, -0.25) is 4.79 Å². The molecule has 0 saturated heterocycles. The van der Waals surface area contributed by atoms with Gasteiger partial charge in [0.15, 0.2) is 0 Å². The van der Waals surface area contributed by atoms with Gasteiger partial charge in [0.2, 0.25) is 0 Å². The fraction of sp³-hybridized carbons (Fsp3) is 0.333. The fourth-order valence-corrected chi connectivity index (χ4v) is 2.94. The van der Waals surface area contributed by atoms with Crippen LogP contribution in [0.25, 0.3) is 10.8 Å². The van der Waals surface area contributed by atoms with Gasteiger partial charge in [-0.1, -0.05) is 44.2 Å². The van der Waals surface area contributed by atoms with E-state index in [2.05, 4.69) is 31.1 Å². The maximum Gasteiger partial charge on any atom is 0.274 e. The minimum absolute atomic E-state index is 0.0898. The van der Waals surface area contributed by atoms with Crippen LogP contribution in [0.3, 0.4) is 0 Å². The summed E-state index contributed by atoms with van der Waals surface area (Å²) < 4.78 is 7.14. The highest BCUT2D eigenvalue weighted by Gasteiger charge is 2.13. The Morgan fingerprint density at radius 3 is 2.73 bits per heavy atom. The number of hydrogen-bond acceptors (Lipinski definition) is 4. The van der Waals surface area contributed by atoms with Crippen LogP contribution in [0.4, 0.5) is 0 Å². The van der Waals surface area contributed by atoms with E-state index in [4.69, 9.17) is 4.74 Å². The molecule has 0 amide bonds. The Kier molecular flexibility index (Phi) is 5.38. The molecule has 136 valence electrons. The average Bonchev–Trinajstić information content (AvgIpc) is 2.62. The van der Waals surface area contributed by atoms with Gasteiger partial charge in [0.05, 0.1) is 18.1 Å². The van der Waals surface area contributed by atoms with Crippen LogP contribution in [0.1, 0.15) is 30.9 Å². The number of rotatable bonds is 6. The van der Waals surface area contributed by atoms with E-state index in [1.165, 1.54) is 4.68 Å². The second kappa shape index (κ2) is 7.70. The SMILES string of the molecule is Cc1ccc(C(C)C)c(OC[C@@H](O)Cn2ncc3ccccc3c2=O)c1. The number of aromatic nitrogens is 2. The average molecular weight is 352 g/mol. The van der Waals surface area contributed by atoms with Gasteiger partial charge in [0.25, 0.3) is 5.56 Å². The normalized spacial score (nSPS) is 12.5. The number of hydrogen-bond donors (Lipinski definition) is 1. The molecule has 1 N–H and O–H groups in total. The molecule has 3 aromatic rings. The topological polar surface area (TPSA) is 64.3 Å². The zero-order valence-electron chi connectivity index (χ0n) is 15.3. The van der Waals surface area contributed by atoms with Gasteiger partial charge in [-0.2, -0.15) is 5.10 Å². The van der Waals surface area contributed by atoms with Crippen molar-refractivity contribution in [2.45, 2.75) is 39.3 Å². The highest BCUT2D eigenvalue weighted by atomic mass is 16.5. The monoisotopic (exact) mass is 352 g/mol. The molecule has 2 aromatic carbocycles. The summed E-state index contributed by atoms with van der Waals surface area (Å²) in [5, 5.41) is 15.9. The van der Waals surface area contributed by atoms with E-state index in [0.29, 0.717) is 11.3 Å². The van der Waals surface area contributed by atoms with Crippen molar-refractivity contribution in [1.82, 2.24) is 9.78 Å². The molecule has 3 rings (SSSR count). The molecule has 0 fully saturated rings. The van der Waals surface area contributed by atoms with Crippen LogP contribution < -0.4 is 10.3 Å². The Morgan fingerprint density at radius 1 is 1.19 bits per heavy atom. The number of nitrogens with zero attached hydrogens (tertiary/aromatic N) is 2. The molecule has 1 heterocycles. The standard InChI is InChI=1S/C21H24N2O3/c1-14(2)18-9-8-15(3)10-20(18)26-13-17(24)12-23-21(25)19-7-5-4-6-16(19)11-22-23/h4-11,14,17,24H,12-13H2,1-3H3/t17-/m0/s1. The Balaban J connectivity index is 1.72. The second-order valence-electron chi connectivity index (χ2n) is 6.88. The van der Waals surface area contributed by atoms with Crippen LogP contribution in [0.5, 0.6) is 5.75 Å². The zero-order valence-corrected chi connectivity index (χ0v) is 15.3. The predicted molar refractivity (Wildman–Crippen MR) is 103 cm³/mol. The summed E-state index contributed by atoms with van der Waals surface area (Å²) in [5.74, 6) is 1.10. The number of benzene rings is 2. The minimum atomic E-state index is -0.832. The number of fused-ring (bicyclic) bond motifs is 1. The highest BCUT2D eigenvalue weighted by Crippen LogP contribution is 2.27. The van der Waals surface area contributed by atoms with Gasteiger partial charge >= 0.3 is 0 Å². The lowest BCUT2D eigenvalue weighted by molar-refractivity contribution is 0.0875. The van der Waals surface area contributed by atoms with E-state index in [1.807, 2.05) is 31.2 Å². The molecule has 0 aliphatic heterocycles. The molecule has 1 atom stereocenters. The second-order valence-corrected chi connectivity index (χ2v) is 6.88. The van der Waals surface area contributed by atoms with Crippen LogP contribution in [0, 0.1) is 6.92 Å². The van der Waals surface area contributed by atoms with Crippen molar-refractivity contribution < 1.29 is 9.84 Å². The minimum Gasteiger partial charge on any atom is -0.491 e. The molecule has 1 aromatic heterocycles. The molecular formula is C21H24N2O3. The molecule has 5 heteroatoms. The molecule has 0 radical (unpaired) electrons. The third-order valence-corrected chi connectivity index (χ3v) is 4.37. The largest absolute Gasteiger partial charge is 0.491 e. The summed E-state index contributed by atoms with van der Waals surface area (Å²) >= 11 is 0.